The van der Waals surface area contributed by atoms with Crippen molar-refractivity contribution in [1.82, 2.24) is 9.62 Å². The van der Waals surface area contributed by atoms with Gasteiger partial charge >= 0.3 is 0 Å². The largest absolute Gasteiger partial charge is 0.497 e. The number of rotatable bonds is 7. The zero-order valence-corrected chi connectivity index (χ0v) is 16.6. The van der Waals surface area contributed by atoms with Gasteiger partial charge < -0.3 is 14.8 Å². The molecule has 1 N–H and O–H groups in total. The maximum absolute atomic E-state index is 12.6. The van der Waals surface area contributed by atoms with Crippen molar-refractivity contribution in [2.75, 3.05) is 40.0 Å². The summed E-state index contributed by atoms with van der Waals surface area (Å²) in [4.78, 5) is 12.5. The summed E-state index contributed by atoms with van der Waals surface area (Å²) in [5.41, 5.74) is 1.52. The normalized spacial score (nSPS) is 15.2. The Labute approximate surface area is 165 Å². The number of sulfonamides is 1. The lowest BCUT2D eigenvalue weighted by molar-refractivity contribution is 0.0730. The molecule has 3 rings (SSSR count). The second-order valence-corrected chi connectivity index (χ2v) is 8.33. The van der Waals surface area contributed by atoms with E-state index in [4.69, 9.17) is 9.47 Å². The van der Waals surface area contributed by atoms with Crippen LogP contribution in [0.3, 0.4) is 0 Å². The van der Waals surface area contributed by atoms with Gasteiger partial charge in [-0.3, -0.25) is 4.79 Å². The van der Waals surface area contributed by atoms with Gasteiger partial charge in [0, 0.05) is 25.2 Å². The molecule has 1 aliphatic heterocycles. The van der Waals surface area contributed by atoms with Crippen LogP contribution in [0.1, 0.15) is 15.9 Å². The topological polar surface area (TPSA) is 84.9 Å². The summed E-state index contributed by atoms with van der Waals surface area (Å²) in [6.45, 7) is 1.96. The molecule has 1 heterocycles. The molecule has 2 aromatic rings. The fraction of sp³-hybridized carbons (Fsp3) is 0.350. The van der Waals surface area contributed by atoms with E-state index in [0.29, 0.717) is 44.8 Å². The van der Waals surface area contributed by atoms with Crippen molar-refractivity contribution < 1.29 is 22.7 Å². The van der Waals surface area contributed by atoms with E-state index >= 15 is 0 Å². The fourth-order valence-corrected chi connectivity index (χ4v) is 4.34. The molecule has 0 spiro atoms. The Kier molecular flexibility index (Phi) is 6.66. The third kappa shape index (κ3) is 4.89. The average molecular weight is 404 g/mol. The molecule has 2 aromatic carbocycles. The molecule has 0 saturated carbocycles. The van der Waals surface area contributed by atoms with Gasteiger partial charge in [0.05, 0.1) is 25.2 Å². The fourth-order valence-electron chi connectivity index (χ4n) is 2.93. The van der Waals surface area contributed by atoms with Crippen LogP contribution in [0.15, 0.2) is 53.4 Å². The van der Waals surface area contributed by atoms with Crippen molar-refractivity contribution in [3.63, 3.8) is 0 Å². The number of hydrogen-bond donors (Lipinski definition) is 1. The monoisotopic (exact) mass is 404 g/mol. The van der Waals surface area contributed by atoms with Gasteiger partial charge in [0.2, 0.25) is 10.0 Å². The number of ether oxygens (including phenoxy) is 2. The lowest BCUT2D eigenvalue weighted by Gasteiger charge is -2.26. The zero-order chi connectivity index (χ0) is 20.0. The van der Waals surface area contributed by atoms with E-state index in [1.54, 1.807) is 7.11 Å². The predicted octanol–water partition coefficient (Wildman–Crippen LogP) is 1.69. The number of carbonyl (C=O) groups is 1. The summed E-state index contributed by atoms with van der Waals surface area (Å²) in [6, 6.07) is 13.7. The molecule has 0 atom stereocenters. The Hall–Kier alpha value is -2.42. The molecule has 150 valence electrons. The molecule has 0 radical (unpaired) electrons. The van der Waals surface area contributed by atoms with E-state index in [0.717, 1.165) is 11.3 Å². The van der Waals surface area contributed by atoms with Gasteiger partial charge in [0.1, 0.15) is 5.75 Å². The second kappa shape index (κ2) is 9.18. The van der Waals surface area contributed by atoms with Crippen LogP contribution in [0.2, 0.25) is 0 Å². The van der Waals surface area contributed by atoms with Crippen LogP contribution in [0.5, 0.6) is 5.75 Å². The Bertz CT molecular complexity index is 889. The summed E-state index contributed by atoms with van der Waals surface area (Å²) in [6.07, 6.45) is 0.694. The molecule has 28 heavy (non-hydrogen) atoms. The summed E-state index contributed by atoms with van der Waals surface area (Å²) in [5, 5.41) is 2.85. The van der Waals surface area contributed by atoms with E-state index in [2.05, 4.69) is 5.32 Å². The zero-order valence-electron chi connectivity index (χ0n) is 15.8. The first-order valence-corrected chi connectivity index (χ1v) is 10.5. The highest BCUT2D eigenvalue weighted by Gasteiger charge is 2.26. The number of nitrogens with one attached hydrogen (secondary N) is 1. The highest BCUT2D eigenvalue weighted by atomic mass is 32.2. The first kappa shape index (κ1) is 20.3. The smallest absolute Gasteiger partial charge is 0.251 e. The van der Waals surface area contributed by atoms with E-state index in [9.17, 15) is 13.2 Å². The number of morpholine rings is 1. The number of amides is 1. The molecule has 0 aromatic heterocycles. The van der Waals surface area contributed by atoms with Crippen molar-refractivity contribution >= 4 is 15.9 Å². The minimum atomic E-state index is -3.55. The molecule has 1 aliphatic rings. The number of methoxy groups -OCH3 is 1. The summed E-state index contributed by atoms with van der Waals surface area (Å²) in [5.74, 6) is 0.559. The Morgan fingerprint density at radius 3 is 2.32 bits per heavy atom. The van der Waals surface area contributed by atoms with Gasteiger partial charge in [-0.15, -0.1) is 0 Å². The van der Waals surface area contributed by atoms with Crippen LogP contribution in [0.4, 0.5) is 0 Å². The highest BCUT2D eigenvalue weighted by molar-refractivity contribution is 7.89. The minimum Gasteiger partial charge on any atom is -0.497 e. The SMILES string of the molecule is COc1ccc(CCNC(=O)c2ccc(S(=O)(=O)N3CCOCC3)cc2)cc1. The molecule has 8 heteroatoms. The molecule has 1 saturated heterocycles. The highest BCUT2D eigenvalue weighted by Crippen LogP contribution is 2.18. The average Bonchev–Trinajstić information content (AvgIpc) is 2.75. The van der Waals surface area contributed by atoms with Crippen molar-refractivity contribution in [3.05, 3.63) is 59.7 Å². The maximum atomic E-state index is 12.6. The quantitative estimate of drug-likeness (QED) is 0.759. The molecule has 0 unspecified atom stereocenters. The van der Waals surface area contributed by atoms with Gasteiger partial charge in [-0.1, -0.05) is 12.1 Å². The first-order chi connectivity index (χ1) is 13.5. The third-order valence-corrected chi connectivity index (χ3v) is 6.50. The van der Waals surface area contributed by atoms with E-state index in [1.807, 2.05) is 24.3 Å². The predicted molar refractivity (Wildman–Crippen MR) is 105 cm³/mol. The van der Waals surface area contributed by atoms with E-state index < -0.39 is 10.0 Å². The maximum Gasteiger partial charge on any atom is 0.251 e. The molecule has 0 aliphatic carbocycles. The number of benzene rings is 2. The second-order valence-electron chi connectivity index (χ2n) is 6.39. The Morgan fingerprint density at radius 2 is 1.71 bits per heavy atom. The Morgan fingerprint density at radius 1 is 1.07 bits per heavy atom. The van der Waals surface area contributed by atoms with Crippen LogP contribution < -0.4 is 10.1 Å². The lowest BCUT2D eigenvalue weighted by atomic mass is 10.1. The summed E-state index contributed by atoms with van der Waals surface area (Å²) in [7, 11) is -1.93. The van der Waals surface area contributed by atoms with E-state index in [1.165, 1.54) is 28.6 Å². The molecule has 1 fully saturated rings. The van der Waals surface area contributed by atoms with Gasteiger partial charge in [0.25, 0.3) is 5.91 Å². The van der Waals surface area contributed by atoms with Crippen LogP contribution >= 0.6 is 0 Å². The minimum absolute atomic E-state index is 0.184. The van der Waals surface area contributed by atoms with Gasteiger partial charge in [-0.05, 0) is 48.4 Å². The third-order valence-electron chi connectivity index (χ3n) is 4.58. The number of carbonyl (C=O) groups excluding carboxylic acids is 1. The summed E-state index contributed by atoms with van der Waals surface area (Å²) >= 11 is 0. The molecule has 1 amide bonds. The van der Waals surface area contributed by atoms with Crippen LogP contribution in [-0.2, 0) is 21.2 Å². The molecule has 0 bridgehead atoms. The van der Waals surface area contributed by atoms with Gasteiger partial charge in [-0.25, -0.2) is 8.42 Å². The lowest BCUT2D eigenvalue weighted by Crippen LogP contribution is -2.40. The van der Waals surface area contributed by atoms with Crippen molar-refractivity contribution in [1.29, 1.82) is 0 Å². The number of nitrogens with zero attached hydrogens (tertiary/aromatic N) is 1. The van der Waals surface area contributed by atoms with Crippen LogP contribution in [0, 0.1) is 0 Å². The van der Waals surface area contributed by atoms with Gasteiger partial charge in [0.15, 0.2) is 0 Å². The van der Waals surface area contributed by atoms with Crippen LogP contribution in [-0.4, -0.2) is 58.6 Å². The Balaban J connectivity index is 1.55. The molecular formula is C20H24N2O5S. The van der Waals surface area contributed by atoms with Crippen molar-refractivity contribution in [3.8, 4) is 5.75 Å². The van der Waals surface area contributed by atoms with Crippen molar-refractivity contribution in [2.24, 2.45) is 0 Å². The van der Waals surface area contributed by atoms with Crippen molar-refractivity contribution in [2.45, 2.75) is 11.3 Å². The standard InChI is InChI=1S/C20H24N2O5S/c1-26-18-6-2-16(3-7-18)10-11-21-20(23)17-4-8-19(9-5-17)28(24,25)22-12-14-27-15-13-22/h2-9H,10-15H2,1H3,(H,21,23). The molecular weight excluding hydrogens is 380 g/mol. The van der Waals surface area contributed by atoms with E-state index in [-0.39, 0.29) is 10.8 Å². The number of hydrogen-bond acceptors (Lipinski definition) is 5. The first-order valence-electron chi connectivity index (χ1n) is 9.10. The molecule has 7 nitrogen and oxygen atoms in total. The van der Waals surface area contributed by atoms with Crippen LogP contribution in [0.25, 0.3) is 0 Å². The van der Waals surface area contributed by atoms with Gasteiger partial charge in [-0.2, -0.15) is 4.31 Å². The summed E-state index contributed by atoms with van der Waals surface area (Å²) < 4.78 is 36.9.